The van der Waals surface area contributed by atoms with Gasteiger partial charge in [-0.15, -0.1) is 0 Å². The molecule has 0 aliphatic carbocycles. The third-order valence-corrected chi connectivity index (χ3v) is 5.76. The molecule has 0 bridgehead atoms. The fourth-order valence-corrected chi connectivity index (χ4v) is 4.37. The van der Waals surface area contributed by atoms with E-state index in [0.717, 1.165) is 51.5 Å². The summed E-state index contributed by atoms with van der Waals surface area (Å²) in [7, 11) is 0. The second-order valence-electron chi connectivity index (χ2n) is 8.15. The van der Waals surface area contributed by atoms with E-state index >= 15 is 0 Å². The Morgan fingerprint density at radius 3 is 2.52 bits per heavy atom. The summed E-state index contributed by atoms with van der Waals surface area (Å²) in [5, 5.41) is 0. The van der Waals surface area contributed by atoms with Crippen LogP contribution in [0.4, 0.5) is 0 Å². The topological polar surface area (TPSA) is 45.3 Å². The Labute approximate surface area is 162 Å². The zero-order valence-electron chi connectivity index (χ0n) is 16.5. The molecule has 2 saturated heterocycles. The van der Waals surface area contributed by atoms with Gasteiger partial charge in [0.15, 0.2) is 0 Å². The predicted octanol–water partition coefficient (Wildman–Crippen LogP) is 1.37. The number of amides is 1. The Kier molecular flexibility index (Phi) is 5.66. The first-order valence-corrected chi connectivity index (χ1v) is 10.2. The van der Waals surface area contributed by atoms with Gasteiger partial charge in [-0.05, 0) is 31.0 Å². The third-order valence-electron chi connectivity index (χ3n) is 5.76. The molecule has 3 heterocycles. The van der Waals surface area contributed by atoms with Crippen molar-refractivity contribution in [3.8, 4) is 5.75 Å². The lowest BCUT2D eigenvalue weighted by atomic mass is 10.1. The normalized spacial score (nSPS) is 26.7. The second kappa shape index (κ2) is 8.17. The number of rotatable bonds is 4. The van der Waals surface area contributed by atoms with Gasteiger partial charge in [-0.3, -0.25) is 14.6 Å². The minimum Gasteiger partial charge on any atom is -0.493 e. The van der Waals surface area contributed by atoms with Crippen LogP contribution in [0.1, 0.15) is 25.0 Å². The van der Waals surface area contributed by atoms with Crippen LogP contribution in [-0.4, -0.2) is 85.2 Å². The Bertz CT molecular complexity index is 663. The summed E-state index contributed by atoms with van der Waals surface area (Å²) in [5.41, 5.74) is 2.70. The first kappa shape index (κ1) is 18.7. The summed E-state index contributed by atoms with van der Waals surface area (Å²) in [6.07, 6.45) is 1.29. The molecule has 3 aliphatic rings. The van der Waals surface area contributed by atoms with Gasteiger partial charge in [-0.25, -0.2) is 0 Å². The largest absolute Gasteiger partial charge is 0.493 e. The van der Waals surface area contributed by atoms with E-state index in [-0.39, 0.29) is 18.1 Å². The molecule has 3 aliphatic heterocycles. The van der Waals surface area contributed by atoms with Crippen LogP contribution in [-0.2, 0) is 22.5 Å². The van der Waals surface area contributed by atoms with E-state index in [1.54, 1.807) is 0 Å². The number of nitrogens with zero attached hydrogens (tertiary/aromatic N) is 3. The highest BCUT2D eigenvalue weighted by Crippen LogP contribution is 2.26. The summed E-state index contributed by atoms with van der Waals surface area (Å²) < 4.78 is 11.3. The predicted molar refractivity (Wildman–Crippen MR) is 104 cm³/mol. The summed E-state index contributed by atoms with van der Waals surface area (Å²) in [5.74, 6) is 1.29. The summed E-state index contributed by atoms with van der Waals surface area (Å²) in [6.45, 7) is 11.8. The van der Waals surface area contributed by atoms with Crippen LogP contribution in [0.15, 0.2) is 18.2 Å². The van der Waals surface area contributed by atoms with Crippen LogP contribution in [0.3, 0.4) is 0 Å². The first-order chi connectivity index (χ1) is 13.1. The molecule has 2 fully saturated rings. The number of hydrogen-bond donors (Lipinski definition) is 0. The molecular formula is C21H31N3O3. The monoisotopic (exact) mass is 373 g/mol. The number of ether oxygens (including phenoxy) is 2. The average molecular weight is 373 g/mol. The molecule has 0 saturated carbocycles. The number of fused-ring (bicyclic) bond motifs is 1. The van der Waals surface area contributed by atoms with Crippen LogP contribution in [0.25, 0.3) is 0 Å². The fraction of sp³-hybridized carbons (Fsp3) is 0.667. The minimum atomic E-state index is 0.132. The molecule has 0 radical (unpaired) electrons. The average Bonchev–Trinajstić information content (AvgIpc) is 3.10. The van der Waals surface area contributed by atoms with Gasteiger partial charge in [0, 0.05) is 52.2 Å². The molecule has 2 atom stereocenters. The Morgan fingerprint density at radius 1 is 1.07 bits per heavy atom. The highest BCUT2D eigenvalue weighted by molar-refractivity contribution is 5.78. The fourth-order valence-electron chi connectivity index (χ4n) is 4.37. The molecule has 148 valence electrons. The van der Waals surface area contributed by atoms with Crippen molar-refractivity contribution in [2.75, 3.05) is 52.4 Å². The molecule has 0 unspecified atom stereocenters. The smallest absolute Gasteiger partial charge is 0.236 e. The van der Waals surface area contributed by atoms with E-state index in [2.05, 4.69) is 28.0 Å². The maximum absolute atomic E-state index is 12.6. The van der Waals surface area contributed by atoms with Gasteiger partial charge in [-0.2, -0.15) is 0 Å². The lowest BCUT2D eigenvalue weighted by molar-refractivity contribution is -0.144. The SMILES string of the molecule is C[C@@H]1CN(C(=O)CN2CCN(Cc3ccc4c(c3)CCO4)CC2)C[C@H](C)O1. The highest BCUT2D eigenvalue weighted by Gasteiger charge is 2.28. The lowest BCUT2D eigenvalue weighted by Crippen LogP contribution is -2.53. The number of benzene rings is 1. The van der Waals surface area contributed by atoms with Gasteiger partial charge in [0.1, 0.15) is 5.75 Å². The molecule has 1 amide bonds. The zero-order chi connectivity index (χ0) is 18.8. The van der Waals surface area contributed by atoms with Gasteiger partial charge >= 0.3 is 0 Å². The maximum Gasteiger partial charge on any atom is 0.236 e. The molecule has 27 heavy (non-hydrogen) atoms. The minimum absolute atomic E-state index is 0.132. The van der Waals surface area contributed by atoms with Crippen LogP contribution in [0.2, 0.25) is 0 Å². The van der Waals surface area contributed by atoms with Gasteiger partial charge in [0.25, 0.3) is 0 Å². The van der Waals surface area contributed by atoms with E-state index in [9.17, 15) is 4.79 Å². The number of piperazine rings is 1. The summed E-state index contributed by atoms with van der Waals surface area (Å²) in [4.78, 5) is 19.4. The van der Waals surface area contributed by atoms with Crippen molar-refractivity contribution in [1.82, 2.24) is 14.7 Å². The summed E-state index contributed by atoms with van der Waals surface area (Å²) in [6, 6.07) is 6.58. The van der Waals surface area contributed by atoms with Gasteiger partial charge in [-0.1, -0.05) is 12.1 Å². The van der Waals surface area contributed by atoms with Crippen molar-refractivity contribution >= 4 is 5.91 Å². The maximum atomic E-state index is 12.6. The number of morpholine rings is 1. The third kappa shape index (κ3) is 4.62. The quantitative estimate of drug-likeness (QED) is 0.798. The Balaban J connectivity index is 1.23. The highest BCUT2D eigenvalue weighted by atomic mass is 16.5. The molecule has 6 heteroatoms. The molecule has 6 nitrogen and oxygen atoms in total. The molecule has 0 aromatic heterocycles. The van der Waals surface area contributed by atoms with Crippen molar-refractivity contribution < 1.29 is 14.3 Å². The van der Waals surface area contributed by atoms with Gasteiger partial charge in [0.2, 0.25) is 5.91 Å². The molecule has 0 spiro atoms. The van der Waals surface area contributed by atoms with Crippen LogP contribution < -0.4 is 4.74 Å². The van der Waals surface area contributed by atoms with Crippen molar-refractivity contribution in [3.63, 3.8) is 0 Å². The van der Waals surface area contributed by atoms with Crippen molar-refractivity contribution in [3.05, 3.63) is 29.3 Å². The van der Waals surface area contributed by atoms with Gasteiger partial charge in [0.05, 0.1) is 25.4 Å². The van der Waals surface area contributed by atoms with E-state index in [1.165, 1.54) is 11.1 Å². The van der Waals surface area contributed by atoms with Crippen LogP contribution in [0.5, 0.6) is 5.75 Å². The Morgan fingerprint density at radius 2 is 1.78 bits per heavy atom. The van der Waals surface area contributed by atoms with Crippen molar-refractivity contribution in [2.24, 2.45) is 0 Å². The van der Waals surface area contributed by atoms with E-state index in [4.69, 9.17) is 9.47 Å². The van der Waals surface area contributed by atoms with E-state index in [0.29, 0.717) is 19.6 Å². The molecule has 0 N–H and O–H groups in total. The molecular weight excluding hydrogens is 342 g/mol. The number of hydrogen-bond acceptors (Lipinski definition) is 5. The Hall–Kier alpha value is -1.63. The molecule has 4 rings (SSSR count). The molecule has 1 aromatic rings. The second-order valence-corrected chi connectivity index (χ2v) is 8.15. The standard InChI is InChI=1S/C21H31N3O3/c1-16-12-24(13-17(2)27-16)21(25)15-23-8-6-22(7-9-23)14-18-3-4-20-19(11-18)5-10-26-20/h3-4,11,16-17H,5-10,12-15H2,1-2H3/t16-,17+. The lowest BCUT2D eigenvalue weighted by Gasteiger charge is -2.38. The molecule has 1 aromatic carbocycles. The van der Waals surface area contributed by atoms with Crippen molar-refractivity contribution in [2.45, 2.75) is 39.0 Å². The van der Waals surface area contributed by atoms with E-state index in [1.807, 2.05) is 18.7 Å². The van der Waals surface area contributed by atoms with Crippen LogP contribution >= 0.6 is 0 Å². The van der Waals surface area contributed by atoms with Crippen LogP contribution in [0, 0.1) is 0 Å². The first-order valence-electron chi connectivity index (χ1n) is 10.2. The van der Waals surface area contributed by atoms with Gasteiger partial charge < -0.3 is 14.4 Å². The van der Waals surface area contributed by atoms with Crippen molar-refractivity contribution in [1.29, 1.82) is 0 Å². The number of carbonyl (C=O) groups excluding carboxylic acids is 1. The number of carbonyl (C=O) groups is 1. The zero-order valence-corrected chi connectivity index (χ0v) is 16.5. The van der Waals surface area contributed by atoms with E-state index < -0.39 is 0 Å². The summed E-state index contributed by atoms with van der Waals surface area (Å²) >= 11 is 0.